The second-order valence-electron chi connectivity index (χ2n) is 33.3. The number of aliphatic hydroxyl groups excluding tert-OH is 2. The lowest BCUT2D eigenvalue weighted by Crippen LogP contribution is -2.61. The lowest BCUT2D eigenvalue weighted by Gasteiger charge is -2.53. The fourth-order valence-corrected chi connectivity index (χ4v) is 18.1. The van der Waals surface area contributed by atoms with Gasteiger partial charge < -0.3 is 67.9 Å². The van der Waals surface area contributed by atoms with Crippen molar-refractivity contribution < 1.29 is 101 Å². The first-order valence-electron chi connectivity index (χ1n) is 40.0. The first kappa shape index (κ1) is 87.8. The molecule has 17 atom stereocenters. The minimum Gasteiger partial charge on any atom is -0.504 e. The van der Waals surface area contributed by atoms with Gasteiger partial charge >= 0.3 is 23.9 Å². The Bertz CT molecular complexity index is 3540. The molecule has 109 heavy (non-hydrogen) atoms. The van der Waals surface area contributed by atoms with Crippen LogP contribution in [0.3, 0.4) is 0 Å². The average molecular weight is 1520 g/mol. The van der Waals surface area contributed by atoms with Crippen LogP contribution >= 0.6 is 0 Å². The minimum absolute atomic E-state index is 0.00781. The maximum absolute atomic E-state index is 14.8. The number of Topliss-reactive ketones (excluding diaryl/α,β-unsaturated/α-hetero) is 5. The predicted octanol–water partition coefficient (Wildman–Crippen LogP) is 10.8. The molecule has 606 valence electrons. The largest absolute Gasteiger partial charge is 0.504 e. The summed E-state index contributed by atoms with van der Waals surface area (Å²) in [6.45, 7) is 17.4. The van der Waals surface area contributed by atoms with Gasteiger partial charge in [0.2, 0.25) is 11.6 Å². The summed E-state index contributed by atoms with van der Waals surface area (Å²) in [6.07, 6.45) is 14.9. The lowest BCUT2D eigenvalue weighted by molar-refractivity contribution is -0.265. The van der Waals surface area contributed by atoms with E-state index < -0.39 is 136 Å². The molecule has 0 aromatic carbocycles. The van der Waals surface area contributed by atoms with Gasteiger partial charge in [0.1, 0.15) is 54.2 Å². The van der Waals surface area contributed by atoms with Crippen LogP contribution in [0, 0.1) is 52.3 Å². The quantitative estimate of drug-likeness (QED) is 0.0240. The highest BCUT2D eigenvalue weighted by Gasteiger charge is 2.65. The lowest BCUT2D eigenvalue weighted by atomic mass is 9.53. The number of hydrogen-bond donors (Lipinski definition) is 3. The van der Waals surface area contributed by atoms with E-state index in [0.717, 1.165) is 18.5 Å². The first-order valence-corrected chi connectivity index (χ1v) is 40.0. The highest BCUT2D eigenvalue weighted by molar-refractivity contribution is 6.39. The third kappa shape index (κ3) is 20.9. The summed E-state index contributed by atoms with van der Waals surface area (Å²) >= 11 is 0. The Morgan fingerprint density at radius 2 is 1.47 bits per heavy atom. The van der Waals surface area contributed by atoms with Crippen LogP contribution in [0.15, 0.2) is 81.9 Å². The van der Waals surface area contributed by atoms with E-state index in [2.05, 4.69) is 0 Å². The molecule has 0 aromatic heterocycles. The highest BCUT2D eigenvalue weighted by atomic mass is 16.6. The maximum atomic E-state index is 14.8. The second kappa shape index (κ2) is 39.1. The molecular weight excluding hydrogens is 1400 g/mol. The molecule has 0 unspecified atom stereocenters. The van der Waals surface area contributed by atoms with Crippen LogP contribution in [-0.2, 0) is 85.8 Å². The molecule has 4 aliphatic heterocycles. The van der Waals surface area contributed by atoms with Crippen LogP contribution in [-0.4, -0.2) is 218 Å². The van der Waals surface area contributed by atoms with Gasteiger partial charge in [0.15, 0.2) is 11.5 Å². The van der Waals surface area contributed by atoms with E-state index >= 15 is 0 Å². The molecule has 4 aliphatic carbocycles. The zero-order valence-electron chi connectivity index (χ0n) is 67.4. The van der Waals surface area contributed by atoms with Crippen molar-refractivity contribution in [2.24, 2.45) is 52.3 Å². The molecule has 24 nitrogen and oxygen atoms in total. The van der Waals surface area contributed by atoms with E-state index in [0.29, 0.717) is 114 Å². The van der Waals surface area contributed by atoms with Crippen molar-refractivity contribution >= 4 is 58.7 Å². The first-order chi connectivity index (χ1) is 51.6. The van der Waals surface area contributed by atoms with Crippen molar-refractivity contribution in [1.82, 2.24) is 14.7 Å². The van der Waals surface area contributed by atoms with E-state index in [1.54, 1.807) is 68.0 Å². The third-order valence-corrected chi connectivity index (χ3v) is 24.8. The number of hydrogen-bond acceptors (Lipinski definition) is 23. The van der Waals surface area contributed by atoms with Crippen molar-refractivity contribution in [2.75, 3.05) is 68.7 Å². The Morgan fingerprint density at radius 3 is 2.13 bits per heavy atom. The Morgan fingerprint density at radius 1 is 0.780 bits per heavy atom. The Kier molecular flexibility index (Phi) is 31.5. The van der Waals surface area contributed by atoms with Crippen LogP contribution in [0.4, 0.5) is 0 Å². The van der Waals surface area contributed by atoms with Crippen LogP contribution in [0.5, 0.6) is 0 Å². The number of amides is 1. The molecule has 2 bridgehead atoms. The van der Waals surface area contributed by atoms with Gasteiger partial charge in [-0.1, -0.05) is 90.8 Å². The molecule has 3 saturated heterocycles. The number of ketones is 5. The van der Waals surface area contributed by atoms with Gasteiger partial charge in [-0.15, -0.1) is 0 Å². The van der Waals surface area contributed by atoms with Gasteiger partial charge in [0.25, 0.3) is 11.7 Å². The number of carbonyl (C=O) groups excluding carboxylic acids is 10. The van der Waals surface area contributed by atoms with E-state index in [1.807, 2.05) is 75.0 Å². The van der Waals surface area contributed by atoms with Gasteiger partial charge in [-0.3, -0.25) is 38.4 Å². The highest BCUT2D eigenvalue weighted by Crippen LogP contribution is 2.62. The average Bonchev–Trinajstić information content (AvgIpc) is 1.66. The molecule has 0 spiro atoms. The summed E-state index contributed by atoms with van der Waals surface area (Å²) in [5.41, 5.74) is -0.523. The number of allylic oxidation sites excluding steroid dienone is 7. The summed E-state index contributed by atoms with van der Waals surface area (Å²) in [5, 5.41) is 35.8. The van der Waals surface area contributed by atoms with E-state index in [4.69, 9.17) is 37.9 Å². The van der Waals surface area contributed by atoms with Crippen molar-refractivity contribution in [3.05, 3.63) is 81.9 Å². The Balaban J connectivity index is 0.889. The monoisotopic (exact) mass is 1520 g/mol. The zero-order chi connectivity index (χ0) is 80.0. The number of cyclic esters (lactones) is 2. The molecular formula is C85H125N3O21. The van der Waals surface area contributed by atoms with Gasteiger partial charge in [-0.2, -0.15) is 0 Å². The molecule has 8 rings (SSSR count). The summed E-state index contributed by atoms with van der Waals surface area (Å²) in [6, 6.07) is -1.21. The number of carbonyl (C=O) groups is 10. The number of aliphatic hydroxyl groups is 3. The normalized spacial score (nSPS) is 36.0. The topological polar surface area (TPSA) is 315 Å². The molecule has 3 N–H and O–H groups in total. The standard InChI is InChI=1S/C85H125N3O21/c1-50-26-19-18-20-27-51(2)64(103-14)45-59-34-31-56(7)85(101,109-59)79(97)80(98)88-41-24-23-28-62(88)82(100)107-65(46-63(89)52(3)43-55(6)75(94)78(104-15)74(93)54(5)42-50)53(4)44-57-32-35-58(36-33-57)105-69(91)29-21-16-17-22-30-70(92)106-66-47-83(8)61(37-38-67(83)90)71-73(66)84(9)68(49-102-13)108-81(99)60(72(84)77(96)76(71)95)48-87(12)40-25-39-86(10)11/h18-20,26-27,43,48,50,52-54,56-59,61-62,64-66,68,75,78,94,96,101H,16-17,21-25,28-42,44-47,49H2,1-15H3/b20-18+,26-19+,51-27+,55-43+,60-48+/t50-,52-,53-,54-,56-,57?,58?,59+,61+,62+,64+,65+,66-,68-,75-,78+,83+,84+,85-/m1/s1. The van der Waals surface area contributed by atoms with Crippen LogP contribution in [0.1, 0.15) is 210 Å². The number of ether oxygens (including phenoxy) is 8. The van der Waals surface area contributed by atoms with Crippen molar-refractivity contribution in [3.8, 4) is 0 Å². The zero-order valence-corrected chi connectivity index (χ0v) is 67.4. The molecule has 0 radical (unpaired) electrons. The number of esters is 4. The Labute approximate surface area is 645 Å². The SMILES string of the molecule is COC[C@H]1OC(=O)/C(=C/N(C)CCCN(C)C)C2=C(O)C(=O)C3=C([C@H](OC(=O)CCCCCCC(=O)OC4CCC(C[C@@H](C)[C@@H]5CC(=O)[C@H](C)/C=C(\C)[C@@H](O)[C@@H](OC)C(=O)[C@H](C)C[C@H](C)/C=C/C=C/C=C(\C)[C@@H](OC)C[C@@H]6CC[C@@H](C)[C@@](O)(O6)C(=O)C(=O)N6CCCC[C@H]6C(=O)O5)CC4)C[C@]4(C)C(=O)CC[C@@H]34)[C@]21C. The molecule has 0 aromatic rings. The maximum Gasteiger partial charge on any atom is 0.340 e. The van der Waals surface area contributed by atoms with Crippen molar-refractivity contribution in [1.29, 1.82) is 0 Å². The number of nitrogens with zero attached hydrogens (tertiary/aromatic N) is 3. The molecule has 5 fully saturated rings. The number of rotatable bonds is 21. The fourth-order valence-electron chi connectivity index (χ4n) is 18.1. The van der Waals surface area contributed by atoms with Gasteiger partial charge in [0, 0.05) is 126 Å². The smallest absolute Gasteiger partial charge is 0.340 e. The van der Waals surface area contributed by atoms with Crippen LogP contribution in [0.25, 0.3) is 0 Å². The summed E-state index contributed by atoms with van der Waals surface area (Å²) in [4.78, 5) is 147. The minimum atomic E-state index is -2.49. The second-order valence-corrected chi connectivity index (χ2v) is 33.3. The summed E-state index contributed by atoms with van der Waals surface area (Å²) < 4.78 is 48.3. The predicted molar refractivity (Wildman–Crippen MR) is 406 cm³/mol. The van der Waals surface area contributed by atoms with E-state index in [-0.39, 0.29) is 116 Å². The van der Waals surface area contributed by atoms with Gasteiger partial charge in [0.05, 0.1) is 29.8 Å². The van der Waals surface area contributed by atoms with Crippen molar-refractivity contribution in [3.63, 3.8) is 0 Å². The number of methoxy groups -OCH3 is 3. The Hall–Kier alpha value is -6.80. The van der Waals surface area contributed by atoms with E-state index in [9.17, 15) is 63.3 Å². The van der Waals surface area contributed by atoms with Gasteiger partial charge in [-0.25, -0.2) is 9.59 Å². The number of unbranched alkanes of at least 4 members (excludes halogenated alkanes) is 3. The van der Waals surface area contributed by atoms with Crippen LogP contribution < -0.4 is 0 Å². The number of fused-ring (bicyclic) bond motifs is 7. The third-order valence-electron chi connectivity index (χ3n) is 24.8. The fraction of sp³-hybridized carbons (Fsp3) is 0.718. The number of piperidine rings is 1. The summed E-state index contributed by atoms with van der Waals surface area (Å²) in [7, 11) is 10.1. The van der Waals surface area contributed by atoms with Crippen molar-refractivity contribution in [2.45, 2.75) is 271 Å². The van der Waals surface area contributed by atoms with E-state index in [1.165, 1.54) is 19.1 Å². The molecule has 4 heterocycles. The molecule has 24 heteroatoms. The molecule has 2 saturated carbocycles. The van der Waals surface area contributed by atoms with Crippen LogP contribution in [0.2, 0.25) is 0 Å². The van der Waals surface area contributed by atoms with Gasteiger partial charge in [-0.05, 0) is 172 Å². The molecule has 1 amide bonds. The molecule has 8 aliphatic rings. The summed E-state index contributed by atoms with van der Waals surface area (Å²) in [5.74, 6) is -12.1.